The van der Waals surface area contributed by atoms with Gasteiger partial charge in [0, 0.05) is 17.5 Å². The van der Waals surface area contributed by atoms with E-state index >= 15 is 0 Å². The molecule has 0 atom stereocenters. The Morgan fingerprint density at radius 2 is 2.00 bits per heavy atom. The highest BCUT2D eigenvalue weighted by Gasteiger charge is 2.13. The summed E-state index contributed by atoms with van der Waals surface area (Å²) in [6.45, 7) is 8.41. The molecule has 1 aliphatic rings. The Hall–Kier alpha value is -1.81. The van der Waals surface area contributed by atoms with Crippen LogP contribution in [-0.4, -0.2) is 37.0 Å². The van der Waals surface area contributed by atoms with Gasteiger partial charge in [0.05, 0.1) is 12.7 Å². The largest absolute Gasteiger partial charge is 0.464 e. The third-order valence-electron chi connectivity index (χ3n) is 5.11. The van der Waals surface area contributed by atoms with Gasteiger partial charge >= 0.3 is 0 Å². The van der Waals surface area contributed by atoms with Crippen LogP contribution >= 0.6 is 0 Å². The van der Waals surface area contributed by atoms with Crippen LogP contribution in [0, 0.1) is 13.8 Å². The van der Waals surface area contributed by atoms with Crippen LogP contribution in [0.1, 0.15) is 42.4 Å². The van der Waals surface area contributed by atoms with Gasteiger partial charge in [-0.25, -0.2) is 0 Å². The van der Waals surface area contributed by atoms with E-state index in [0.29, 0.717) is 6.42 Å². The van der Waals surface area contributed by atoms with E-state index in [4.69, 9.17) is 4.42 Å². The van der Waals surface area contributed by atoms with Gasteiger partial charge in [-0.05, 0) is 63.9 Å². The van der Waals surface area contributed by atoms with Crippen molar-refractivity contribution >= 4 is 16.9 Å². The number of nitrogens with one attached hydrogen (secondary N) is 1. The van der Waals surface area contributed by atoms with Crippen LogP contribution in [0.5, 0.6) is 0 Å². The van der Waals surface area contributed by atoms with E-state index in [1.165, 1.54) is 37.9 Å². The van der Waals surface area contributed by atoms with E-state index < -0.39 is 0 Å². The van der Waals surface area contributed by atoms with Gasteiger partial charge in [0.25, 0.3) is 0 Å². The van der Waals surface area contributed by atoms with Crippen LogP contribution in [0.3, 0.4) is 0 Å². The number of carbonyl (C=O) groups excluding carboxylic acids is 1. The summed E-state index contributed by atoms with van der Waals surface area (Å²) in [5.74, 6) is 0.0783. The average Bonchev–Trinajstić information content (AvgIpc) is 2.99. The van der Waals surface area contributed by atoms with Crippen molar-refractivity contribution < 1.29 is 9.21 Å². The number of amides is 1. The molecule has 2 heterocycles. The lowest BCUT2D eigenvalue weighted by atomic mass is 10.0. The van der Waals surface area contributed by atoms with Crippen LogP contribution in [0.25, 0.3) is 11.0 Å². The molecule has 0 saturated carbocycles. The van der Waals surface area contributed by atoms with Crippen molar-refractivity contribution in [2.24, 2.45) is 0 Å². The van der Waals surface area contributed by atoms with E-state index in [1.54, 1.807) is 6.26 Å². The molecule has 4 heteroatoms. The second-order valence-corrected chi connectivity index (χ2v) is 6.93. The topological polar surface area (TPSA) is 45.5 Å². The van der Waals surface area contributed by atoms with Gasteiger partial charge in [0.2, 0.25) is 5.91 Å². The number of piperidine rings is 1. The molecule has 0 unspecified atom stereocenters. The van der Waals surface area contributed by atoms with E-state index in [9.17, 15) is 4.79 Å². The van der Waals surface area contributed by atoms with E-state index in [0.717, 1.165) is 41.6 Å². The summed E-state index contributed by atoms with van der Waals surface area (Å²) < 4.78 is 5.68. The molecule has 2 aromatic rings. The van der Waals surface area contributed by atoms with Gasteiger partial charge in [-0.3, -0.25) is 4.79 Å². The highest BCUT2D eigenvalue weighted by Crippen LogP contribution is 2.26. The van der Waals surface area contributed by atoms with Gasteiger partial charge in [-0.2, -0.15) is 0 Å². The smallest absolute Gasteiger partial charge is 0.224 e. The van der Waals surface area contributed by atoms with Crippen molar-refractivity contribution in [1.82, 2.24) is 10.2 Å². The lowest BCUT2D eigenvalue weighted by Crippen LogP contribution is -2.33. The minimum atomic E-state index is 0.0783. The minimum absolute atomic E-state index is 0.0783. The van der Waals surface area contributed by atoms with Crippen LogP contribution in [0.15, 0.2) is 22.8 Å². The molecular formula is C20H28N2O2. The van der Waals surface area contributed by atoms with Gasteiger partial charge in [-0.1, -0.05) is 18.6 Å². The fourth-order valence-corrected chi connectivity index (χ4v) is 3.47. The number of benzene rings is 1. The zero-order valence-electron chi connectivity index (χ0n) is 14.9. The third-order valence-corrected chi connectivity index (χ3v) is 5.11. The predicted octanol–water partition coefficient (Wildman–Crippen LogP) is 3.58. The Balaban J connectivity index is 1.47. The zero-order chi connectivity index (χ0) is 16.9. The fraction of sp³-hybridized carbons (Fsp3) is 0.550. The highest BCUT2D eigenvalue weighted by molar-refractivity contribution is 5.89. The monoisotopic (exact) mass is 328 g/mol. The summed E-state index contributed by atoms with van der Waals surface area (Å²) in [6.07, 6.45) is 7.14. The van der Waals surface area contributed by atoms with Crippen molar-refractivity contribution in [3.05, 3.63) is 35.1 Å². The molecule has 0 spiro atoms. The Morgan fingerprint density at radius 1 is 1.21 bits per heavy atom. The quantitative estimate of drug-likeness (QED) is 0.824. The summed E-state index contributed by atoms with van der Waals surface area (Å²) in [7, 11) is 0. The normalized spacial score (nSPS) is 15.8. The minimum Gasteiger partial charge on any atom is -0.464 e. The van der Waals surface area contributed by atoms with Gasteiger partial charge < -0.3 is 14.6 Å². The number of rotatable bonds is 6. The van der Waals surface area contributed by atoms with Crippen molar-refractivity contribution in [3.8, 4) is 0 Å². The Kier molecular flexibility index (Phi) is 5.56. The van der Waals surface area contributed by atoms with Crippen molar-refractivity contribution in [2.75, 3.05) is 26.2 Å². The van der Waals surface area contributed by atoms with Gasteiger partial charge in [0.15, 0.2) is 0 Å². The summed E-state index contributed by atoms with van der Waals surface area (Å²) >= 11 is 0. The first-order valence-corrected chi connectivity index (χ1v) is 9.10. The third kappa shape index (κ3) is 3.99. The maximum atomic E-state index is 12.2. The number of hydrogen-bond acceptors (Lipinski definition) is 3. The van der Waals surface area contributed by atoms with Crippen LogP contribution < -0.4 is 5.32 Å². The van der Waals surface area contributed by atoms with Crippen LogP contribution in [-0.2, 0) is 11.2 Å². The molecule has 0 aliphatic carbocycles. The fourth-order valence-electron chi connectivity index (χ4n) is 3.47. The molecule has 1 saturated heterocycles. The predicted molar refractivity (Wildman–Crippen MR) is 97.3 cm³/mol. The molecule has 0 bridgehead atoms. The Bertz CT molecular complexity index is 699. The summed E-state index contributed by atoms with van der Waals surface area (Å²) in [6, 6.07) is 4.15. The molecule has 1 aromatic carbocycles. The highest BCUT2D eigenvalue weighted by atomic mass is 16.3. The number of aryl methyl sites for hydroxylation is 2. The number of fused-ring (bicyclic) bond motifs is 1. The maximum Gasteiger partial charge on any atom is 0.224 e. The molecule has 1 aliphatic heterocycles. The van der Waals surface area contributed by atoms with Crippen molar-refractivity contribution in [3.63, 3.8) is 0 Å². The summed E-state index contributed by atoms with van der Waals surface area (Å²) in [5.41, 5.74) is 4.25. The number of carbonyl (C=O) groups is 1. The van der Waals surface area contributed by atoms with Gasteiger partial charge in [0.1, 0.15) is 5.58 Å². The zero-order valence-corrected chi connectivity index (χ0v) is 14.9. The van der Waals surface area contributed by atoms with E-state index in [2.05, 4.69) is 36.2 Å². The second kappa shape index (κ2) is 7.84. The lowest BCUT2D eigenvalue weighted by molar-refractivity contribution is -0.120. The molecular weight excluding hydrogens is 300 g/mol. The summed E-state index contributed by atoms with van der Waals surface area (Å²) in [5, 5.41) is 4.10. The van der Waals surface area contributed by atoms with Crippen LogP contribution in [0.4, 0.5) is 0 Å². The van der Waals surface area contributed by atoms with E-state index in [-0.39, 0.29) is 5.91 Å². The molecule has 1 fully saturated rings. The van der Waals surface area contributed by atoms with Crippen molar-refractivity contribution in [2.45, 2.75) is 46.0 Å². The number of likely N-dealkylation sites (tertiary alicyclic amines) is 1. The molecule has 1 amide bonds. The molecule has 130 valence electrons. The first-order valence-electron chi connectivity index (χ1n) is 9.10. The first-order chi connectivity index (χ1) is 11.6. The van der Waals surface area contributed by atoms with Gasteiger partial charge in [-0.15, -0.1) is 0 Å². The molecule has 4 nitrogen and oxygen atoms in total. The molecule has 24 heavy (non-hydrogen) atoms. The average molecular weight is 328 g/mol. The van der Waals surface area contributed by atoms with Crippen molar-refractivity contribution in [1.29, 1.82) is 0 Å². The van der Waals surface area contributed by atoms with E-state index in [1.807, 2.05) is 0 Å². The Morgan fingerprint density at radius 3 is 2.79 bits per heavy atom. The lowest BCUT2D eigenvalue weighted by Gasteiger charge is -2.26. The number of furan rings is 1. The summed E-state index contributed by atoms with van der Waals surface area (Å²) in [4.78, 5) is 14.7. The molecule has 3 rings (SSSR count). The SMILES string of the molecule is Cc1ccc2c(CC(=O)NCCCN3CCCCC3)coc2c1C. The second-order valence-electron chi connectivity index (χ2n) is 6.93. The van der Waals surface area contributed by atoms with Crippen LogP contribution in [0.2, 0.25) is 0 Å². The number of nitrogens with zero attached hydrogens (tertiary/aromatic N) is 1. The molecule has 1 aromatic heterocycles. The maximum absolute atomic E-state index is 12.2. The molecule has 1 N–H and O–H groups in total. The molecule has 0 radical (unpaired) electrons. The standard InChI is InChI=1S/C20H28N2O2/c1-15-7-8-18-17(14-24-20(18)16(15)2)13-19(23)21-9-6-12-22-10-4-3-5-11-22/h7-8,14H,3-6,9-13H2,1-2H3,(H,21,23). The first kappa shape index (κ1) is 17.0. The number of hydrogen-bond donors (Lipinski definition) is 1. The Labute approximate surface area is 144 Å².